The first-order valence-corrected chi connectivity index (χ1v) is 9.76. The van der Waals surface area contributed by atoms with Gasteiger partial charge in [-0.2, -0.15) is 4.72 Å². The van der Waals surface area contributed by atoms with E-state index in [1.165, 1.54) is 6.92 Å². The van der Waals surface area contributed by atoms with E-state index >= 15 is 0 Å². The molecule has 0 spiro atoms. The van der Waals surface area contributed by atoms with Gasteiger partial charge in [-0.3, -0.25) is 4.79 Å². The van der Waals surface area contributed by atoms with Crippen LogP contribution in [0.4, 0.5) is 0 Å². The van der Waals surface area contributed by atoms with Gasteiger partial charge in [0.15, 0.2) is 5.78 Å². The number of nitrogens with one attached hydrogen (secondary N) is 1. The molecule has 1 N–H and O–H groups in total. The summed E-state index contributed by atoms with van der Waals surface area (Å²) >= 11 is 0. The SMILES string of the molecule is CC(=O)C1=C(C)Oc2ccc(C)cc2C1NS(=O)(=O)c1ccc(C)cc1. The molecule has 136 valence electrons. The highest BCUT2D eigenvalue weighted by Crippen LogP contribution is 2.39. The Morgan fingerprint density at radius 1 is 1.00 bits per heavy atom. The fourth-order valence-corrected chi connectivity index (χ4v) is 4.26. The lowest BCUT2D eigenvalue weighted by Gasteiger charge is -2.29. The second-order valence-corrected chi connectivity index (χ2v) is 8.25. The molecule has 0 saturated heterocycles. The summed E-state index contributed by atoms with van der Waals surface area (Å²) in [6.07, 6.45) is 0. The summed E-state index contributed by atoms with van der Waals surface area (Å²) in [4.78, 5) is 12.4. The summed E-state index contributed by atoms with van der Waals surface area (Å²) in [5.41, 5.74) is 2.88. The summed E-state index contributed by atoms with van der Waals surface area (Å²) in [6.45, 7) is 6.88. The molecule has 0 saturated carbocycles. The molecule has 0 aromatic heterocycles. The summed E-state index contributed by atoms with van der Waals surface area (Å²) < 4.78 is 34.2. The van der Waals surface area contributed by atoms with Crippen LogP contribution in [0, 0.1) is 13.8 Å². The maximum atomic E-state index is 12.9. The molecule has 0 amide bonds. The number of hydrogen-bond acceptors (Lipinski definition) is 4. The maximum Gasteiger partial charge on any atom is 0.241 e. The minimum Gasteiger partial charge on any atom is -0.461 e. The summed E-state index contributed by atoms with van der Waals surface area (Å²) in [5, 5.41) is 0. The van der Waals surface area contributed by atoms with Gasteiger partial charge in [0.05, 0.1) is 16.5 Å². The van der Waals surface area contributed by atoms with Crippen LogP contribution in [0.3, 0.4) is 0 Å². The van der Waals surface area contributed by atoms with Crippen molar-refractivity contribution >= 4 is 15.8 Å². The molecular weight excluding hydrogens is 350 g/mol. The zero-order chi connectivity index (χ0) is 19.1. The number of benzene rings is 2. The van der Waals surface area contributed by atoms with E-state index in [1.54, 1.807) is 37.3 Å². The molecule has 0 fully saturated rings. The van der Waals surface area contributed by atoms with Crippen molar-refractivity contribution < 1.29 is 17.9 Å². The van der Waals surface area contributed by atoms with Gasteiger partial charge in [0.2, 0.25) is 10.0 Å². The minimum atomic E-state index is -3.81. The molecule has 1 atom stereocenters. The van der Waals surface area contributed by atoms with E-state index in [1.807, 2.05) is 26.0 Å². The lowest BCUT2D eigenvalue weighted by atomic mass is 9.92. The Kier molecular flexibility index (Phi) is 4.73. The highest BCUT2D eigenvalue weighted by molar-refractivity contribution is 7.89. The molecular formula is C20H21NO4S. The minimum absolute atomic E-state index is 0.157. The van der Waals surface area contributed by atoms with Crippen LogP contribution in [0.5, 0.6) is 5.75 Å². The Labute approximate surface area is 153 Å². The summed E-state index contributed by atoms with van der Waals surface area (Å²) in [6, 6.07) is 11.3. The molecule has 5 nitrogen and oxygen atoms in total. The number of rotatable bonds is 4. The van der Waals surface area contributed by atoms with Crippen LogP contribution in [0.15, 0.2) is 58.7 Å². The van der Waals surface area contributed by atoms with Crippen LogP contribution < -0.4 is 9.46 Å². The first-order chi connectivity index (χ1) is 12.2. The molecule has 0 bridgehead atoms. The third kappa shape index (κ3) is 3.43. The Bertz CT molecular complexity index is 1000. The Balaban J connectivity index is 2.10. The Morgan fingerprint density at radius 3 is 2.23 bits per heavy atom. The van der Waals surface area contributed by atoms with Gasteiger partial charge in [0.25, 0.3) is 0 Å². The number of fused-ring (bicyclic) bond motifs is 1. The maximum absolute atomic E-state index is 12.9. The third-order valence-corrected chi connectivity index (χ3v) is 5.83. The molecule has 2 aromatic carbocycles. The van der Waals surface area contributed by atoms with E-state index in [9.17, 15) is 13.2 Å². The van der Waals surface area contributed by atoms with Crippen molar-refractivity contribution in [3.8, 4) is 5.75 Å². The first kappa shape index (κ1) is 18.4. The van der Waals surface area contributed by atoms with Gasteiger partial charge in [-0.1, -0.05) is 35.4 Å². The van der Waals surface area contributed by atoms with Crippen LogP contribution in [0.2, 0.25) is 0 Å². The second kappa shape index (κ2) is 6.70. The van der Waals surface area contributed by atoms with Crippen molar-refractivity contribution in [1.82, 2.24) is 4.72 Å². The summed E-state index contributed by atoms with van der Waals surface area (Å²) in [5.74, 6) is 0.728. The number of ether oxygens (including phenoxy) is 1. The average molecular weight is 371 g/mol. The van der Waals surface area contributed by atoms with Gasteiger partial charge in [0, 0.05) is 5.56 Å². The molecule has 1 heterocycles. The molecule has 0 aliphatic carbocycles. The molecule has 6 heteroatoms. The first-order valence-electron chi connectivity index (χ1n) is 8.28. The van der Waals surface area contributed by atoms with Gasteiger partial charge in [-0.15, -0.1) is 0 Å². The van der Waals surface area contributed by atoms with Crippen molar-refractivity contribution in [2.75, 3.05) is 0 Å². The van der Waals surface area contributed by atoms with Gasteiger partial charge >= 0.3 is 0 Å². The van der Waals surface area contributed by atoms with Crippen LogP contribution in [0.25, 0.3) is 0 Å². The fourth-order valence-electron chi connectivity index (χ4n) is 3.08. The molecule has 0 radical (unpaired) electrons. The predicted octanol–water partition coefficient (Wildman–Crippen LogP) is 3.58. The topological polar surface area (TPSA) is 72.5 Å². The van der Waals surface area contributed by atoms with Gasteiger partial charge in [0.1, 0.15) is 11.5 Å². The van der Waals surface area contributed by atoms with Crippen molar-refractivity contribution in [2.24, 2.45) is 0 Å². The molecule has 1 aliphatic rings. The predicted molar refractivity (Wildman–Crippen MR) is 99.4 cm³/mol. The largest absolute Gasteiger partial charge is 0.461 e. The molecule has 1 aliphatic heterocycles. The van der Waals surface area contributed by atoms with Gasteiger partial charge in [-0.25, -0.2) is 8.42 Å². The average Bonchev–Trinajstić information content (AvgIpc) is 2.55. The van der Waals surface area contributed by atoms with E-state index in [2.05, 4.69) is 4.72 Å². The Morgan fingerprint density at radius 2 is 1.62 bits per heavy atom. The van der Waals surface area contributed by atoms with Crippen molar-refractivity contribution in [3.63, 3.8) is 0 Å². The van der Waals surface area contributed by atoms with Crippen LogP contribution in [-0.4, -0.2) is 14.2 Å². The van der Waals surface area contributed by atoms with Crippen molar-refractivity contribution in [2.45, 2.75) is 38.6 Å². The zero-order valence-electron chi connectivity index (χ0n) is 15.2. The van der Waals surface area contributed by atoms with E-state index in [4.69, 9.17) is 4.74 Å². The van der Waals surface area contributed by atoms with Crippen molar-refractivity contribution in [1.29, 1.82) is 0 Å². The highest BCUT2D eigenvalue weighted by Gasteiger charge is 2.34. The van der Waals surface area contributed by atoms with Crippen LogP contribution in [0.1, 0.15) is 36.6 Å². The Hall–Kier alpha value is -2.44. The number of sulfonamides is 1. The lowest BCUT2D eigenvalue weighted by Crippen LogP contribution is -2.34. The smallest absolute Gasteiger partial charge is 0.241 e. The molecule has 26 heavy (non-hydrogen) atoms. The number of carbonyl (C=O) groups is 1. The quantitative estimate of drug-likeness (QED) is 0.892. The molecule has 1 unspecified atom stereocenters. The molecule has 3 rings (SSSR count). The number of Topliss-reactive ketones (excluding diaryl/α,β-unsaturated/α-hetero) is 1. The second-order valence-electron chi connectivity index (χ2n) is 6.54. The van der Waals surface area contributed by atoms with E-state index in [0.29, 0.717) is 22.6 Å². The number of aryl methyl sites for hydroxylation is 2. The third-order valence-electron chi connectivity index (χ3n) is 4.39. The van der Waals surface area contributed by atoms with E-state index < -0.39 is 16.1 Å². The highest BCUT2D eigenvalue weighted by atomic mass is 32.2. The normalized spacial score (nSPS) is 16.8. The monoisotopic (exact) mass is 371 g/mol. The number of carbonyl (C=O) groups excluding carboxylic acids is 1. The lowest BCUT2D eigenvalue weighted by molar-refractivity contribution is -0.114. The molecule has 2 aromatic rings. The fraction of sp³-hybridized carbons (Fsp3) is 0.250. The van der Waals surface area contributed by atoms with Gasteiger partial charge in [-0.05, 0) is 45.9 Å². The zero-order valence-corrected chi connectivity index (χ0v) is 16.0. The number of hydrogen-bond donors (Lipinski definition) is 1. The van der Waals surface area contributed by atoms with Crippen LogP contribution in [-0.2, 0) is 14.8 Å². The van der Waals surface area contributed by atoms with Gasteiger partial charge < -0.3 is 4.74 Å². The van der Waals surface area contributed by atoms with Crippen molar-refractivity contribution in [3.05, 3.63) is 70.5 Å². The van der Waals surface area contributed by atoms with Crippen LogP contribution >= 0.6 is 0 Å². The van der Waals surface area contributed by atoms with E-state index in [0.717, 1.165) is 11.1 Å². The standard InChI is InChI=1S/C20H21NO4S/c1-12-5-8-16(9-6-12)26(23,24)21-20-17-11-13(2)7-10-18(17)25-15(4)19(20)14(3)22/h5-11,20-21H,1-4H3. The number of allylic oxidation sites excluding steroid dienone is 1. The summed E-state index contributed by atoms with van der Waals surface area (Å²) in [7, 11) is -3.81. The number of ketones is 1. The van der Waals surface area contributed by atoms with E-state index in [-0.39, 0.29) is 10.7 Å².